The van der Waals surface area contributed by atoms with Gasteiger partial charge in [0.2, 0.25) is 5.91 Å². The maximum Gasteiger partial charge on any atom is 0.220 e. The Balaban J connectivity index is 1.60. The first-order chi connectivity index (χ1) is 9.74. The lowest BCUT2D eigenvalue weighted by Crippen LogP contribution is -2.53. The largest absolute Gasteiger partial charge is 0.353 e. The molecule has 108 valence electrons. The molecule has 0 spiro atoms. The van der Waals surface area contributed by atoms with Crippen molar-refractivity contribution in [3.8, 4) is 0 Å². The number of hydrazine groups is 1. The van der Waals surface area contributed by atoms with Crippen molar-refractivity contribution in [3.63, 3.8) is 0 Å². The predicted octanol–water partition coefficient (Wildman–Crippen LogP) is 0.468. The highest BCUT2D eigenvalue weighted by atomic mass is 16.1. The Morgan fingerprint density at radius 2 is 2.40 bits per heavy atom. The van der Waals surface area contributed by atoms with Crippen LogP contribution in [0.1, 0.15) is 24.8 Å². The molecule has 2 unspecified atom stereocenters. The van der Waals surface area contributed by atoms with Crippen LogP contribution in [-0.4, -0.2) is 34.9 Å². The Morgan fingerprint density at radius 1 is 1.50 bits per heavy atom. The number of nitrogens with zero attached hydrogens (tertiary/aromatic N) is 2. The summed E-state index contributed by atoms with van der Waals surface area (Å²) in [4.78, 5) is 18.0. The second kappa shape index (κ2) is 5.76. The van der Waals surface area contributed by atoms with Crippen LogP contribution in [0, 0.1) is 5.92 Å². The van der Waals surface area contributed by atoms with E-state index in [1.165, 1.54) is 5.56 Å². The Bertz CT molecular complexity index is 492. The third-order valence-corrected chi connectivity index (χ3v) is 4.29. The van der Waals surface area contributed by atoms with Crippen LogP contribution >= 0.6 is 0 Å². The fraction of sp³-hybridized carbons (Fsp3) is 0.571. The van der Waals surface area contributed by atoms with Crippen molar-refractivity contribution >= 4 is 11.7 Å². The average molecular weight is 275 g/mol. The maximum atomic E-state index is 11.4. The highest BCUT2D eigenvalue weighted by molar-refractivity contribution is 5.77. The number of rotatable bonds is 3. The number of amides is 1. The van der Waals surface area contributed by atoms with E-state index in [9.17, 15) is 4.79 Å². The maximum absolute atomic E-state index is 11.4. The number of piperidine rings is 2. The zero-order chi connectivity index (χ0) is 13.9. The summed E-state index contributed by atoms with van der Waals surface area (Å²) < 4.78 is 0. The summed E-state index contributed by atoms with van der Waals surface area (Å²) in [6, 6.07) is 4.39. The molecule has 2 atom stereocenters. The van der Waals surface area contributed by atoms with E-state index in [-0.39, 0.29) is 5.91 Å². The molecule has 6 nitrogen and oxygen atoms in total. The van der Waals surface area contributed by atoms with Crippen LogP contribution in [0.3, 0.4) is 0 Å². The third kappa shape index (κ3) is 2.91. The Kier molecular flexibility index (Phi) is 3.84. The van der Waals surface area contributed by atoms with Gasteiger partial charge in [0.15, 0.2) is 0 Å². The van der Waals surface area contributed by atoms with Gasteiger partial charge in [0.25, 0.3) is 0 Å². The lowest BCUT2D eigenvalue weighted by Gasteiger charge is -2.41. The summed E-state index contributed by atoms with van der Waals surface area (Å²) in [5, 5.41) is 3.12. The van der Waals surface area contributed by atoms with Gasteiger partial charge in [-0.3, -0.25) is 9.69 Å². The molecule has 0 aliphatic carbocycles. The molecule has 3 heterocycles. The van der Waals surface area contributed by atoms with Crippen molar-refractivity contribution in [1.29, 1.82) is 0 Å². The molecule has 3 rings (SSSR count). The van der Waals surface area contributed by atoms with Gasteiger partial charge in [0, 0.05) is 38.3 Å². The average Bonchev–Trinajstić information content (AvgIpc) is 2.47. The second-order valence-corrected chi connectivity index (χ2v) is 5.69. The minimum Gasteiger partial charge on any atom is -0.353 e. The van der Waals surface area contributed by atoms with Crippen LogP contribution in [0.2, 0.25) is 0 Å². The number of carbonyl (C=O) groups is 1. The smallest absolute Gasteiger partial charge is 0.220 e. The highest BCUT2D eigenvalue weighted by Crippen LogP contribution is 2.26. The van der Waals surface area contributed by atoms with Crippen LogP contribution in [-0.2, 0) is 11.3 Å². The zero-order valence-electron chi connectivity index (χ0n) is 11.5. The van der Waals surface area contributed by atoms with Crippen LogP contribution in [0.4, 0.5) is 5.82 Å². The fourth-order valence-electron chi connectivity index (χ4n) is 3.24. The molecule has 0 bridgehead atoms. The first-order valence-electron chi connectivity index (χ1n) is 7.18. The number of carbonyl (C=O) groups excluding carboxylic acids is 1. The number of pyridine rings is 1. The van der Waals surface area contributed by atoms with Gasteiger partial charge >= 0.3 is 0 Å². The van der Waals surface area contributed by atoms with Crippen molar-refractivity contribution < 1.29 is 4.79 Å². The van der Waals surface area contributed by atoms with Crippen molar-refractivity contribution in [2.45, 2.75) is 31.8 Å². The molecule has 6 heteroatoms. The summed E-state index contributed by atoms with van der Waals surface area (Å²) in [7, 11) is 0. The molecule has 2 fully saturated rings. The lowest BCUT2D eigenvalue weighted by atomic mass is 9.85. The van der Waals surface area contributed by atoms with E-state index < -0.39 is 0 Å². The summed E-state index contributed by atoms with van der Waals surface area (Å²) in [5.41, 5.74) is 3.79. The third-order valence-electron chi connectivity index (χ3n) is 4.29. The van der Waals surface area contributed by atoms with E-state index in [0.717, 1.165) is 32.5 Å². The van der Waals surface area contributed by atoms with Gasteiger partial charge in [0.05, 0.1) is 0 Å². The van der Waals surface area contributed by atoms with E-state index >= 15 is 0 Å². The summed E-state index contributed by atoms with van der Waals surface area (Å²) >= 11 is 0. The minimum atomic E-state index is 0.215. The number of hydrogen-bond acceptors (Lipinski definition) is 5. The molecular weight excluding hydrogens is 254 g/mol. The first-order valence-corrected chi connectivity index (χ1v) is 7.18. The Labute approximate surface area is 118 Å². The van der Waals surface area contributed by atoms with Gasteiger partial charge in [-0.15, -0.1) is 0 Å². The van der Waals surface area contributed by atoms with E-state index in [1.807, 2.05) is 12.1 Å². The molecule has 2 saturated heterocycles. The van der Waals surface area contributed by atoms with Crippen molar-refractivity contribution in [2.75, 3.05) is 18.5 Å². The number of aromatic nitrogens is 1. The minimum absolute atomic E-state index is 0.215. The van der Waals surface area contributed by atoms with Crippen molar-refractivity contribution in [1.82, 2.24) is 15.2 Å². The molecule has 1 aromatic heterocycles. The molecular formula is C14H21N5O. The molecule has 2 aliphatic heterocycles. The van der Waals surface area contributed by atoms with Gasteiger partial charge in [-0.05, 0) is 36.5 Å². The normalized spacial score (nSPS) is 26.8. The number of anilines is 1. The standard InChI is InChI=1S/C14H21N5O/c15-18-13-7-10(3-5-16-13)8-19-6-4-12-11(9-19)1-2-14(20)17-12/h3,5,7,11-12H,1-2,4,6,8-9,15H2,(H,16,18)(H,17,20). The van der Waals surface area contributed by atoms with Gasteiger partial charge in [-0.1, -0.05) is 0 Å². The zero-order valence-corrected chi connectivity index (χ0v) is 11.5. The SMILES string of the molecule is NNc1cc(CN2CCC3NC(=O)CCC3C2)ccn1. The Morgan fingerprint density at radius 3 is 3.25 bits per heavy atom. The number of nitrogens with two attached hydrogens (primary N) is 1. The monoisotopic (exact) mass is 275 g/mol. The van der Waals surface area contributed by atoms with Gasteiger partial charge in [0.1, 0.15) is 5.82 Å². The quantitative estimate of drug-likeness (QED) is 0.551. The molecule has 0 aromatic carbocycles. The fourth-order valence-corrected chi connectivity index (χ4v) is 3.24. The van der Waals surface area contributed by atoms with Gasteiger partial charge in [-0.2, -0.15) is 0 Å². The topological polar surface area (TPSA) is 83.3 Å². The molecule has 20 heavy (non-hydrogen) atoms. The highest BCUT2D eigenvalue weighted by Gasteiger charge is 2.33. The van der Waals surface area contributed by atoms with Crippen molar-refractivity contribution in [3.05, 3.63) is 23.9 Å². The van der Waals surface area contributed by atoms with Crippen LogP contribution < -0.4 is 16.6 Å². The van der Waals surface area contributed by atoms with Gasteiger partial charge in [-0.25, -0.2) is 10.8 Å². The summed E-state index contributed by atoms with van der Waals surface area (Å²) in [6.45, 7) is 2.99. The number of nitrogen functional groups attached to an aromatic ring is 1. The van der Waals surface area contributed by atoms with Gasteiger partial charge < -0.3 is 10.7 Å². The van der Waals surface area contributed by atoms with Crippen LogP contribution in [0.15, 0.2) is 18.3 Å². The molecule has 1 amide bonds. The van der Waals surface area contributed by atoms with E-state index in [1.54, 1.807) is 6.20 Å². The summed E-state index contributed by atoms with van der Waals surface area (Å²) in [6.07, 6.45) is 4.51. The number of nitrogens with one attached hydrogen (secondary N) is 2. The molecule has 0 radical (unpaired) electrons. The Hall–Kier alpha value is -1.66. The lowest BCUT2D eigenvalue weighted by molar-refractivity contribution is -0.125. The molecule has 0 saturated carbocycles. The molecule has 2 aliphatic rings. The van der Waals surface area contributed by atoms with E-state index in [2.05, 4.69) is 20.6 Å². The summed E-state index contributed by atoms with van der Waals surface area (Å²) in [5.74, 6) is 6.89. The number of hydrogen-bond donors (Lipinski definition) is 3. The number of fused-ring (bicyclic) bond motifs is 1. The van der Waals surface area contributed by atoms with Crippen molar-refractivity contribution in [2.24, 2.45) is 11.8 Å². The van der Waals surface area contributed by atoms with E-state index in [4.69, 9.17) is 5.84 Å². The number of likely N-dealkylation sites (tertiary alicyclic amines) is 1. The van der Waals surface area contributed by atoms with Crippen LogP contribution in [0.25, 0.3) is 0 Å². The predicted molar refractivity (Wildman–Crippen MR) is 76.6 cm³/mol. The molecule has 4 N–H and O–H groups in total. The first kappa shape index (κ1) is 13.3. The van der Waals surface area contributed by atoms with Crippen LogP contribution in [0.5, 0.6) is 0 Å². The van der Waals surface area contributed by atoms with E-state index in [0.29, 0.717) is 24.2 Å². The second-order valence-electron chi connectivity index (χ2n) is 5.69. The molecule has 1 aromatic rings.